The summed E-state index contributed by atoms with van der Waals surface area (Å²) in [6.45, 7) is 2.06. The number of aromatic nitrogens is 3. The van der Waals surface area contributed by atoms with Crippen molar-refractivity contribution < 1.29 is 4.79 Å². The number of aryl methyl sites for hydroxylation is 1. The number of aromatic amines is 1. The van der Waals surface area contributed by atoms with Crippen molar-refractivity contribution in [3.8, 4) is 10.4 Å². The number of rotatable bonds is 4. The van der Waals surface area contributed by atoms with E-state index in [0.717, 1.165) is 31.9 Å². The molecule has 0 atom stereocenters. The number of hydrogen-bond acceptors (Lipinski definition) is 4. The van der Waals surface area contributed by atoms with Crippen LogP contribution in [0, 0.1) is 6.92 Å². The van der Waals surface area contributed by atoms with Crippen molar-refractivity contribution in [1.29, 1.82) is 0 Å². The van der Waals surface area contributed by atoms with Crippen LogP contribution in [-0.2, 0) is 6.42 Å². The Morgan fingerprint density at radius 3 is 2.68 bits per heavy atom. The predicted octanol–water partition coefficient (Wildman–Crippen LogP) is 3.68. The molecular weight excluding hydrogens is 332 g/mol. The molecule has 0 unspecified atom stereocenters. The van der Waals surface area contributed by atoms with Gasteiger partial charge in [-0.3, -0.25) is 4.79 Å². The van der Waals surface area contributed by atoms with Crippen LogP contribution < -0.4 is 5.73 Å². The van der Waals surface area contributed by atoms with Gasteiger partial charge in [-0.2, -0.15) is 5.10 Å². The number of benzene rings is 1. The van der Waals surface area contributed by atoms with Crippen LogP contribution in [-0.4, -0.2) is 21.1 Å². The molecule has 0 fully saturated rings. The maximum Gasteiger partial charge on any atom is 0.270 e. The zero-order valence-electron chi connectivity index (χ0n) is 13.6. The van der Waals surface area contributed by atoms with Gasteiger partial charge in [0.05, 0.1) is 10.4 Å². The van der Waals surface area contributed by atoms with Gasteiger partial charge in [-0.1, -0.05) is 29.8 Å². The Balaban J connectivity index is 1.88. The summed E-state index contributed by atoms with van der Waals surface area (Å²) >= 11 is 1.52. The number of carbonyl (C=O) groups excluding carboxylic acids is 1. The van der Waals surface area contributed by atoms with E-state index in [0.29, 0.717) is 6.42 Å². The van der Waals surface area contributed by atoms with Crippen molar-refractivity contribution in [2.45, 2.75) is 13.3 Å². The average Bonchev–Trinajstić information content (AvgIpc) is 3.25. The molecule has 4 rings (SSSR count). The van der Waals surface area contributed by atoms with Crippen molar-refractivity contribution in [2.75, 3.05) is 0 Å². The fourth-order valence-electron chi connectivity index (χ4n) is 2.80. The molecule has 0 radical (unpaired) electrons. The van der Waals surface area contributed by atoms with E-state index in [1.807, 2.05) is 18.3 Å². The van der Waals surface area contributed by atoms with Crippen molar-refractivity contribution in [3.05, 3.63) is 71.3 Å². The van der Waals surface area contributed by atoms with Crippen LogP contribution >= 0.6 is 11.3 Å². The lowest BCUT2D eigenvalue weighted by molar-refractivity contribution is 0.0996. The number of amides is 1. The number of nitrogens with one attached hydrogen (secondary N) is 1. The van der Waals surface area contributed by atoms with Crippen LogP contribution in [0.3, 0.4) is 0 Å². The van der Waals surface area contributed by atoms with Crippen LogP contribution in [0.1, 0.15) is 27.4 Å². The van der Waals surface area contributed by atoms with E-state index < -0.39 is 5.91 Å². The van der Waals surface area contributed by atoms with E-state index in [2.05, 4.69) is 52.4 Å². The van der Waals surface area contributed by atoms with Crippen LogP contribution in [0.25, 0.3) is 20.5 Å². The smallest absolute Gasteiger partial charge is 0.270 e. The summed E-state index contributed by atoms with van der Waals surface area (Å²) in [5, 5.41) is 9.27. The van der Waals surface area contributed by atoms with Crippen molar-refractivity contribution >= 4 is 27.3 Å². The fourth-order valence-corrected chi connectivity index (χ4v) is 3.98. The minimum atomic E-state index is -0.554. The predicted molar refractivity (Wildman–Crippen MR) is 99.7 cm³/mol. The zero-order valence-corrected chi connectivity index (χ0v) is 14.4. The van der Waals surface area contributed by atoms with Gasteiger partial charge in [0, 0.05) is 28.6 Å². The van der Waals surface area contributed by atoms with Gasteiger partial charge in [0.15, 0.2) is 5.69 Å². The van der Waals surface area contributed by atoms with Gasteiger partial charge >= 0.3 is 0 Å². The van der Waals surface area contributed by atoms with E-state index in [9.17, 15) is 4.79 Å². The molecule has 0 aliphatic heterocycles. The van der Waals surface area contributed by atoms with Crippen LogP contribution in [0.2, 0.25) is 0 Å². The summed E-state index contributed by atoms with van der Waals surface area (Å²) in [6, 6.07) is 14.3. The lowest BCUT2D eigenvalue weighted by Gasteiger charge is -2.02. The molecule has 0 spiro atoms. The second-order valence-electron chi connectivity index (χ2n) is 5.95. The van der Waals surface area contributed by atoms with E-state index >= 15 is 0 Å². The van der Waals surface area contributed by atoms with Gasteiger partial charge in [0.1, 0.15) is 0 Å². The summed E-state index contributed by atoms with van der Waals surface area (Å²) in [6.07, 6.45) is 2.50. The Kier molecular flexibility index (Phi) is 3.82. The molecule has 1 amide bonds. The van der Waals surface area contributed by atoms with Gasteiger partial charge in [-0.25, -0.2) is 0 Å². The highest BCUT2D eigenvalue weighted by molar-refractivity contribution is 7.22. The third-order valence-electron chi connectivity index (χ3n) is 4.12. The maximum absolute atomic E-state index is 11.8. The molecule has 5 nitrogen and oxygen atoms in total. The molecular formula is C19H16N4OS. The van der Waals surface area contributed by atoms with Crippen molar-refractivity contribution in [3.63, 3.8) is 0 Å². The fraction of sp³-hybridized carbons (Fsp3) is 0.105. The SMILES string of the molecule is Cc1ccc(-c2cc3c(Cc4ccc[nH]4)nnc(C(N)=O)c3s2)cc1. The molecule has 6 heteroatoms. The molecule has 0 aliphatic carbocycles. The van der Waals surface area contributed by atoms with Crippen molar-refractivity contribution in [2.24, 2.45) is 5.73 Å². The molecule has 25 heavy (non-hydrogen) atoms. The maximum atomic E-state index is 11.8. The van der Waals surface area contributed by atoms with Gasteiger partial charge in [-0.05, 0) is 30.7 Å². The average molecular weight is 348 g/mol. The summed E-state index contributed by atoms with van der Waals surface area (Å²) < 4.78 is 0.791. The number of hydrogen-bond donors (Lipinski definition) is 2. The van der Waals surface area contributed by atoms with E-state index in [1.54, 1.807) is 0 Å². The van der Waals surface area contributed by atoms with Gasteiger partial charge in [0.2, 0.25) is 0 Å². The van der Waals surface area contributed by atoms with Crippen molar-refractivity contribution in [1.82, 2.24) is 15.2 Å². The summed E-state index contributed by atoms with van der Waals surface area (Å²) in [4.78, 5) is 16.0. The highest BCUT2D eigenvalue weighted by atomic mass is 32.1. The number of carbonyl (C=O) groups is 1. The quantitative estimate of drug-likeness (QED) is 0.590. The summed E-state index contributed by atoms with van der Waals surface area (Å²) in [5.41, 5.74) is 9.91. The first-order chi connectivity index (χ1) is 12.1. The second kappa shape index (κ2) is 6.14. The Hall–Kier alpha value is -2.99. The van der Waals surface area contributed by atoms with E-state index in [1.165, 1.54) is 16.9 Å². The normalized spacial score (nSPS) is 11.1. The Bertz CT molecular complexity index is 1050. The molecule has 3 aromatic heterocycles. The first-order valence-corrected chi connectivity index (χ1v) is 8.71. The van der Waals surface area contributed by atoms with Crippen LogP contribution in [0.4, 0.5) is 0 Å². The first kappa shape index (κ1) is 15.5. The third-order valence-corrected chi connectivity index (χ3v) is 5.31. The number of nitrogens with two attached hydrogens (primary N) is 1. The number of thiophene rings is 1. The third kappa shape index (κ3) is 2.92. The number of fused-ring (bicyclic) bond motifs is 1. The molecule has 0 aliphatic rings. The van der Waals surface area contributed by atoms with Gasteiger partial charge in [0.25, 0.3) is 5.91 Å². The molecule has 3 N–H and O–H groups in total. The lowest BCUT2D eigenvalue weighted by atomic mass is 10.1. The Morgan fingerprint density at radius 1 is 1.20 bits per heavy atom. The minimum absolute atomic E-state index is 0.230. The summed E-state index contributed by atoms with van der Waals surface area (Å²) in [5.74, 6) is -0.554. The number of nitrogens with zero attached hydrogens (tertiary/aromatic N) is 2. The van der Waals surface area contributed by atoms with E-state index in [-0.39, 0.29) is 5.69 Å². The number of H-pyrrole nitrogens is 1. The Morgan fingerprint density at radius 2 is 2.00 bits per heavy atom. The first-order valence-electron chi connectivity index (χ1n) is 7.90. The minimum Gasteiger partial charge on any atom is -0.365 e. The highest BCUT2D eigenvalue weighted by Crippen LogP contribution is 2.36. The van der Waals surface area contributed by atoms with Crippen LogP contribution in [0.5, 0.6) is 0 Å². The molecule has 1 aromatic carbocycles. The Labute approximate surface area is 148 Å². The lowest BCUT2D eigenvalue weighted by Crippen LogP contribution is -2.14. The molecule has 4 aromatic rings. The molecule has 0 bridgehead atoms. The summed E-state index contributed by atoms with van der Waals surface area (Å²) in [7, 11) is 0. The molecule has 0 saturated carbocycles. The largest absolute Gasteiger partial charge is 0.365 e. The van der Waals surface area contributed by atoms with E-state index in [4.69, 9.17) is 5.73 Å². The molecule has 3 heterocycles. The van der Waals surface area contributed by atoms with Gasteiger partial charge < -0.3 is 10.7 Å². The molecule has 0 saturated heterocycles. The second-order valence-corrected chi connectivity index (χ2v) is 7.00. The standard InChI is InChI=1S/C19H16N4OS/c1-11-4-6-12(7-5-11)16-10-14-15(9-13-3-2-8-21-13)22-23-17(19(20)24)18(14)25-16/h2-8,10,21H,9H2,1H3,(H2,20,24). The zero-order chi connectivity index (χ0) is 17.4. The topological polar surface area (TPSA) is 84.7 Å². The van der Waals surface area contributed by atoms with Gasteiger partial charge in [-0.15, -0.1) is 16.4 Å². The number of primary amides is 1. The highest BCUT2D eigenvalue weighted by Gasteiger charge is 2.18. The molecule has 124 valence electrons. The van der Waals surface area contributed by atoms with Crippen LogP contribution in [0.15, 0.2) is 48.7 Å². The monoisotopic (exact) mass is 348 g/mol.